The summed E-state index contributed by atoms with van der Waals surface area (Å²) in [5.74, 6) is 3.00. The summed E-state index contributed by atoms with van der Waals surface area (Å²) in [4.78, 5) is 0. The highest BCUT2D eigenvalue weighted by Crippen LogP contribution is 2.38. The molecule has 0 spiro atoms. The average Bonchev–Trinajstić information content (AvgIpc) is 2.29. The minimum Gasteiger partial charge on any atom is -0.0654 e. The largest absolute Gasteiger partial charge is 0.0654 e. The molecule has 1 aromatic carbocycles. The summed E-state index contributed by atoms with van der Waals surface area (Å²) < 4.78 is 0. The zero-order chi connectivity index (χ0) is 12.8. The maximum atomic E-state index is 2.37. The minimum absolute atomic E-state index is 0.705. The molecule has 0 amide bonds. The SMILES string of the molecule is CCCC(C(C)C)C(c1ccccc1)C(C)C. The Kier molecular flexibility index (Phi) is 5.74. The van der Waals surface area contributed by atoms with Crippen molar-refractivity contribution in [3.63, 3.8) is 0 Å². The Morgan fingerprint density at radius 1 is 0.882 bits per heavy atom. The normalized spacial score (nSPS) is 15.2. The van der Waals surface area contributed by atoms with Crippen LogP contribution in [0.15, 0.2) is 30.3 Å². The third kappa shape index (κ3) is 3.87. The summed E-state index contributed by atoms with van der Waals surface area (Å²) in [6.45, 7) is 11.8. The van der Waals surface area contributed by atoms with Crippen LogP contribution < -0.4 is 0 Å². The summed E-state index contributed by atoms with van der Waals surface area (Å²) in [6.07, 6.45) is 2.63. The molecule has 96 valence electrons. The summed E-state index contributed by atoms with van der Waals surface area (Å²) in [5, 5.41) is 0. The van der Waals surface area contributed by atoms with Crippen LogP contribution in [0.1, 0.15) is 58.9 Å². The highest BCUT2D eigenvalue weighted by molar-refractivity contribution is 5.21. The molecule has 0 aromatic heterocycles. The number of rotatable bonds is 6. The Balaban J connectivity index is 2.98. The van der Waals surface area contributed by atoms with Gasteiger partial charge in [-0.05, 0) is 35.7 Å². The molecule has 0 aliphatic rings. The summed E-state index contributed by atoms with van der Waals surface area (Å²) in [5.41, 5.74) is 1.52. The van der Waals surface area contributed by atoms with Crippen molar-refractivity contribution in [1.29, 1.82) is 0 Å². The molecule has 0 aliphatic heterocycles. The van der Waals surface area contributed by atoms with Crippen molar-refractivity contribution >= 4 is 0 Å². The molecule has 2 atom stereocenters. The van der Waals surface area contributed by atoms with Crippen LogP contribution in [0, 0.1) is 17.8 Å². The van der Waals surface area contributed by atoms with E-state index in [0.29, 0.717) is 5.92 Å². The standard InChI is InChI=1S/C17H28/c1-6-10-16(13(2)3)17(14(4)5)15-11-8-7-9-12-15/h7-9,11-14,16-17H,6,10H2,1-5H3. The van der Waals surface area contributed by atoms with E-state index >= 15 is 0 Å². The van der Waals surface area contributed by atoms with Gasteiger partial charge in [0.05, 0.1) is 0 Å². The first-order valence-electron chi connectivity index (χ1n) is 7.12. The molecular formula is C17H28. The zero-order valence-corrected chi connectivity index (χ0v) is 12.1. The van der Waals surface area contributed by atoms with Crippen LogP contribution in [0.25, 0.3) is 0 Å². The van der Waals surface area contributed by atoms with E-state index in [1.54, 1.807) is 0 Å². The number of hydrogen-bond acceptors (Lipinski definition) is 0. The van der Waals surface area contributed by atoms with Crippen molar-refractivity contribution < 1.29 is 0 Å². The third-order valence-corrected chi connectivity index (χ3v) is 3.84. The highest BCUT2D eigenvalue weighted by Gasteiger charge is 2.27. The average molecular weight is 232 g/mol. The molecular weight excluding hydrogens is 204 g/mol. The molecule has 0 aliphatic carbocycles. The lowest BCUT2D eigenvalue weighted by molar-refractivity contribution is 0.249. The Morgan fingerprint density at radius 3 is 1.88 bits per heavy atom. The molecule has 0 saturated carbocycles. The van der Waals surface area contributed by atoms with E-state index in [1.807, 2.05) is 0 Å². The van der Waals surface area contributed by atoms with Crippen LogP contribution in [0.5, 0.6) is 0 Å². The highest BCUT2D eigenvalue weighted by atomic mass is 14.3. The van der Waals surface area contributed by atoms with Gasteiger partial charge in [0.25, 0.3) is 0 Å². The van der Waals surface area contributed by atoms with Crippen molar-refractivity contribution in [3.05, 3.63) is 35.9 Å². The van der Waals surface area contributed by atoms with Crippen molar-refractivity contribution in [2.45, 2.75) is 53.4 Å². The molecule has 0 N–H and O–H groups in total. The summed E-state index contributed by atoms with van der Waals surface area (Å²) in [6, 6.07) is 11.1. The van der Waals surface area contributed by atoms with E-state index in [4.69, 9.17) is 0 Å². The molecule has 2 unspecified atom stereocenters. The maximum Gasteiger partial charge on any atom is -0.0108 e. The fraction of sp³-hybridized carbons (Fsp3) is 0.647. The Labute approximate surface area is 107 Å². The van der Waals surface area contributed by atoms with Gasteiger partial charge in [0.15, 0.2) is 0 Å². The first-order chi connectivity index (χ1) is 8.07. The Hall–Kier alpha value is -0.780. The summed E-state index contributed by atoms with van der Waals surface area (Å²) >= 11 is 0. The third-order valence-electron chi connectivity index (χ3n) is 3.84. The Morgan fingerprint density at radius 2 is 1.47 bits per heavy atom. The first-order valence-corrected chi connectivity index (χ1v) is 7.12. The minimum atomic E-state index is 0.705. The van der Waals surface area contributed by atoms with E-state index in [0.717, 1.165) is 17.8 Å². The molecule has 0 fully saturated rings. The van der Waals surface area contributed by atoms with Crippen LogP contribution in [-0.4, -0.2) is 0 Å². The second-order valence-electron chi connectivity index (χ2n) is 5.88. The number of benzene rings is 1. The van der Waals surface area contributed by atoms with Crippen LogP contribution in [0.2, 0.25) is 0 Å². The van der Waals surface area contributed by atoms with Crippen LogP contribution in [-0.2, 0) is 0 Å². The van der Waals surface area contributed by atoms with E-state index < -0.39 is 0 Å². The Bertz CT molecular complexity index is 297. The van der Waals surface area contributed by atoms with E-state index in [-0.39, 0.29) is 0 Å². The molecule has 1 aromatic rings. The molecule has 17 heavy (non-hydrogen) atoms. The monoisotopic (exact) mass is 232 g/mol. The van der Waals surface area contributed by atoms with Gasteiger partial charge in [-0.15, -0.1) is 0 Å². The van der Waals surface area contributed by atoms with Gasteiger partial charge in [0.2, 0.25) is 0 Å². The van der Waals surface area contributed by atoms with Gasteiger partial charge in [0, 0.05) is 0 Å². The molecule has 0 nitrogen and oxygen atoms in total. The number of hydrogen-bond donors (Lipinski definition) is 0. The predicted octanol–water partition coefficient (Wildman–Crippen LogP) is 5.50. The fourth-order valence-corrected chi connectivity index (χ4v) is 3.06. The zero-order valence-electron chi connectivity index (χ0n) is 12.1. The van der Waals surface area contributed by atoms with Gasteiger partial charge in [0.1, 0.15) is 0 Å². The van der Waals surface area contributed by atoms with E-state index in [1.165, 1.54) is 18.4 Å². The van der Waals surface area contributed by atoms with Crippen molar-refractivity contribution in [3.8, 4) is 0 Å². The van der Waals surface area contributed by atoms with Crippen molar-refractivity contribution in [2.75, 3.05) is 0 Å². The molecule has 0 heteroatoms. The maximum absolute atomic E-state index is 2.37. The second kappa shape index (κ2) is 6.83. The van der Waals surface area contributed by atoms with Gasteiger partial charge in [-0.1, -0.05) is 71.4 Å². The first kappa shape index (κ1) is 14.3. The van der Waals surface area contributed by atoms with Crippen molar-refractivity contribution in [2.24, 2.45) is 17.8 Å². The smallest absolute Gasteiger partial charge is 0.0108 e. The quantitative estimate of drug-likeness (QED) is 0.607. The molecule has 0 heterocycles. The lowest BCUT2D eigenvalue weighted by Gasteiger charge is -2.33. The van der Waals surface area contributed by atoms with Gasteiger partial charge < -0.3 is 0 Å². The van der Waals surface area contributed by atoms with Gasteiger partial charge in [-0.25, -0.2) is 0 Å². The molecule has 1 rings (SSSR count). The van der Waals surface area contributed by atoms with Crippen LogP contribution >= 0.6 is 0 Å². The van der Waals surface area contributed by atoms with Gasteiger partial charge >= 0.3 is 0 Å². The molecule has 0 saturated heterocycles. The topological polar surface area (TPSA) is 0 Å². The fourth-order valence-electron chi connectivity index (χ4n) is 3.06. The predicted molar refractivity (Wildman–Crippen MR) is 77.3 cm³/mol. The van der Waals surface area contributed by atoms with E-state index in [2.05, 4.69) is 65.0 Å². The molecule has 0 radical (unpaired) electrons. The van der Waals surface area contributed by atoms with Gasteiger partial charge in [-0.3, -0.25) is 0 Å². The summed E-state index contributed by atoms with van der Waals surface area (Å²) in [7, 11) is 0. The van der Waals surface area contributed by atoms with Gasteiger partial charge in [-0.2, -0.15) is 0 Å². The molecule has 0 bridgehead atoms. The second-order valence-corrected chi connectivity index (χ2v) is 5.88. The van der Waals surface area contributed by atoms with E-state index in [9.17, 15) is 0 Å². The lowest BCUT2D eigenvalue weighted by atomic mass is 9.71. The lowest BCUT2D eigenvalue weighted by Crippen LogP contribution is -2.23. The van der Waals surface area contributed by atoms with Crippen LogP contribution in [0.4, 0.5) is 0 Å². The van der Waals surface area contributed by atoms with Crippen LogP contribution in [0.3, 0.4) is 0 Å². The van der Waals surface area contributed by atoms with Crippen molar-refractivity contribution in [1.82, 2.24) is 0 Å².